The molecule has 0 unspecified atom stereocenters. The molecule has 12 heteroatoms. The van der Waals surface area contributed by atoms with Crippen molar-refractivity contribution in [2.75, 3.05) is 54.4 Å². The molecule has 0 bridgehead atoms. The van der Waals surface area contributed by atoms with Crippen LogP contribution in [0.3, 0.4) is 0 Å². The Hall–Kier alpha value is -6.14. The first-order valence-corrected chi connectivity index (χ1v) is 22.3. The molecule has 62 heavy (non-hydrogen) atoms. The summed E-state index contributed by atoms with van der Waals surface area (Å²) in [5.74, 6) is 2.64. The Labute approximate surface area is 364 Å². The monoisotopic (exact) mass is 834 g/mol. The van der Waals surface area contributed by atoms with Gasteiger partial charge in [-0.15, -0.1) is 0 Å². The van der Waals surface area contributed by atoms with E-state index in [9.17, 15) is 14.4 Å². The number of nitrogens with one attached hydrogen (secondary N) is 2. The van der Waals surface area contributed by atoms with E-state index < -0.39 is 5.91 Å². The van der Waals surface area contributed by atoms with Crippen LogP contribution in [0.1, 0.15) is 92.3 Å². The van der Waals surface area contributed by atoms with Crippen LogP contribution in [0.5, 0.6) is 11.5 Å². The molecule has 4 aromatic carbocycles. The lowest BCUT2D eigenvalue weighted by atomic mass is 9.87. The van der Waals surface area contributed by atoms with Gasteiger partial charge in [-0.1, -0.05) is 45.0 Å². The standard InChI is InChI=1S/C50H58N8O4/c1-50(2,3)38-7-15-42(16-8-38)62-41-13-4-35(5-14-41)46-45(47(51)60)48-52-43-17-6-36(32-37(43)23-31-58(48)54-46)34-21-26-55(27-22-34)25-18-33-19-28-56(29-20-33)39-9-11-40(12-10-39)57-30-24-44(59)53-49(57)61/h4-17,32-34,52H,18-31H2,1-3H3,(H2,51,60)(H,53,59,61). The molecule has 3 fully saturated rings. The average Bonchev–Trinajstić information content (AvgIpc) is 3.54. The van der Waals surface area contributed by atoms with Crippen molar-refractivity contribution in [3.8, 4) is 22.8 Å². The van der Waals surface area contributed by atoms with Gasteiger partial charge in [0.2, 0.25) is 5.91 Å². The second kappa shape index (κ2) is 17.3. The van der Waals surface area contributed by atoms with Crippen LogP contribution in [0.15, 0.2) is 91.0 Å². The Balaban J connectivity index is 0.759. The van der Waals surface area contributed by atoms with Crippen molar-refractivity contribution in [3.05, 3.63) is 113 Å². The Bertz CT molecular complexity index is 2420. The predicted octanol–water partition coefficient (Wildman–Crippen LogP) is 8.97. The van der Waals surface area contributed by atoms with Crippen molar-refractivity contribution >= 4 is 40.7 Å². The maximum absolute atomic E-state index is 13.0. The minimum absolute atomic E-state index is 0.0728. The number of urea groups is 1. The average molecular weight is 835 g/mol. The first kappa shape index (κ1) is 41.2. The first-order valence-electron chi connectivity index (χ1n) is 22.3. The number of nitrogens with zero attached hydrogens (tertiary/aromatic N) is 5. The lowest BCUT2D eigenvalue weighted by molar-refractivity contribution is -0.120. The zero-order valence-corrected chi connectivity index (χ0v) is 36.2. The number of piperidine rings is 2. The molecule has 4 amide bonds. The molecule has 0 aliphatic carbocycles. The normalized spacial score (nSPS) is 17.8. The number of benzene rings is 4. The molecule has 0 spiro atoms. The van der Waals surface area contributed by atoms with Gasteiger partial charge in [0.05, 0.1) is 0 Å². The lowest BCUT2D eigenvalue weighted by Crippen LogP contribution is -2.49. The van der Waals surface area contributed by atoms with Crippen molar-refractivity contribution in [1.82, 2.24) is 20.0 Å². The molecule has 322 valence electrons. The molecule has 4 N–H and O–H groups in total. The van der Waals surface area contributed by atoms with E-state index in [1.54, 1.807) is 4.90 Å². The van der Waals surface area contributed by atoms with E-state index in [1.807, 2.05) is 53.2 Å². The van der Waals surface area contributed by atoms with E-state index >= 15 is 0 Å². The van der Waals surface area contributed by atoms with Crippen LogP contribution < -0.4 is 30.9 Å². The zero-order valence-electron chi connectivity index (χ0n) is 36.2. The zero-order chi connectivity index (χ0) is 43.0. The predicted molar refractivity (Wildman–Crippen MR) is 245 cm³/mol. The molecule has 0 atom stereocenters. The molecular formula is C50H58N8O4. The third-order valence-electron chi connectivity index (χ3n) is 13.4. The molecule has 3 saturated heterocycles. The van der Waals surface area contributed by atoms with Gasteiger partial charge in [0, 0.05) is 55.2 Å². The number of hydrogen-bond acceptors (Lipinski definition) is 8. The number of imide groups is 1. The minimum atomic E-state index is -0.514. The maximum atomic E-state index is 13.0. The van der Waals surface area contributed by atoms with Gasteiger partial charge in [0.1, 0.15) is 28.6 Å². The van der Waals surface area contributed by atoms with Crippen LogP contribution in [0.4, 0.5) is 27.7 Å². The molecule has 5 heterocycles. The summed E-state index contributed by atoms with van der Waals surface area (Å²) in [5, 5.41) is 10.9. The summed E-state index contributed by atoms with van der Waals surface area (Å²) in [6.45, 7) is 13.1. The molecule has 5 aromatic rings. The van der Waals surface area contributed by atoms with Crippen LogP contribution in [0.2, 0.25) is 0 Å². The summed E-state index contributed by atoms with van der Waals surface area (Å²) >= 11 is 0. The molecule has 4 aliphatic heterocycles. The van der Waals surface area contributed by atoms with Crippen LogP contribution >= 0.6 is 0 Å². The number of aromatic nitrogens is 2. The molecule has 12 nitrogen and oxygen atoms in total. The van der Waals surface area contributed by atoms with Crippen LogP contribution in [0, 0.1) is 5.92 Å². The fourth-order valence-corrected chi connectivity index (χ4v) is 9.57. The molecule has 1 aromatic heterocycles. The van der Waals surface area contributed by atoms with Gasteiger partial charge in [-0.05, 0) is 159 Å². The topological polar surface area (TPSA) is 138 Å². The molecular weight excluding hydrogens is 777 g/mol. The summed E-state index contributed by atoms with van der Waals surface area (Å²) in [6, 6.07) is 30.5. The third kappa shape index (κ3) is 8.92. The molecule has 0 radical (unpaired) electrons. The quantitative estimate of drug-likeness (QED) is 0.127. The number of likely N-dealkylation sites (tertiary alicyclic amines) is 1. The second-order valence-corrected chi connectivity index (χ2v) is 18.5. The number of fused-ring (bicyclic) bond motifs is 2. The highest BCUT2D eigenvalue weighted by Gasteiger charge is 2.29. The number of carbonyl (C=O) groups is 3. The number of rotatable bonds is 10. The number of nitrogens with two attached hydrogens (primary N) is 1. The van der Waals surface area contributed by atoms with E-state index in [0.29, 0.717) is 48.3 Å². The Kier molecular flexibility index (Phi) is 11.5. The van der Waals surface area contributed by atoms with Crippen molar-refractivity contribution < 1.29 is 19.1 Å². The molecule has 0 saturated carbocycles. The summed E-state index contributed by atoms with van der Waals surface area (Å²) in [4.78, 5) is 43.5. The number of aryl methyl sites for hydroxylation is 2. The summed E-state index contributed by atoms with van der Waals surface area (Å²) < 4.78 is 8.02. The Morgan fingerprint density at radius 1 is 0.774 bits per heavy atom. The van der Waals surface area contributed by atoms with E-state index in [2.05, 4.69) is 83.7 Å². The molecule has 9 rings (SSSR count). The van der Waals surface area contributed by atoms with Gasteiger partial charge < -0.3 is 25.6 Å². The second-order valence-electron chi connectivity index (χ2n) is 18.5. The Morgan fingerprint density at radius 2 is 1.45 bits per heavy atom. The van der Waals surface area contributed by atoms with E-state index in [4.69, 9.17) is 15.6 Å². The van der Waals surface area contributed by atoms with Crippen LogP contribution in [-0.2, 0) is 23.2 Å². The number of ether oxygens (including phenoxy) is 1. The summed E-state index contributed by atoms with van der Waals surface area (Å²) in [5.41, 5.74) is 14.7. The van der Waals surface area contributed by atoms with Crippen LogP contribution in [0.25, 0.3) is 11.3 Å². The van der Waals surface area contributed by atoms with E-state index in [-0.39, 0.29) is 17.4 Å². The maximum Gasteiger partial charge on any atom is 0.328 e. The molecule has 4 aliphatic rings. The van der Waals surface area contributed by atoms with Gasteiger partial charge in [0.15, 0.2) is 0 Å². The smallest absolute Gasteiger partial charge is 0.328 e. The van der Waals surface area contributed by atoms with Gasteiger partial charge >= 0.3 is 6.03 Å². The minimum Gasteiger partial charge on any atom is -0.457 e. The van der Waals surface area contributed by atoms with Gasteiger partial charge in [-0.25, -0.2) is 9.48 Å². The highest BCUT2D eigenvalue weighted by Crippen LogP contribution is 2.38. The number of hydrogen-bond donors (Lipinski definition) is 3. The first-order chi connectivity index (χ1) is 29.9. The fourth-order valence-electron chi connectivity index (χ4n) is 9.57. The number of anilines is 4. The summed E-state index contributed by atoms with van der Waals surface area (Å²) in [6.07, 6.45) is 7.05. The van der Waals surface area contributed by atoms with E-state index in [0.717, 1.165) is 80.6 Å². The van der Waals surface area contributed by atoms with E-state index in [1.165, 1.54) is 41.6 Å². The van der Waals surface area contributed by atoms with Crippen molar-refractivity contribution in [2.24, 2.45) is 11.7 Å². The van der Waals surface area contributed by atoms with Crippen molar-refractivity contribution in [1.29, 1.82) is 0 Å². The fraction of sp³-hybridized carbons (Fsp3) is 0.400. The largest absolute Gasteiger partial charge is 0.457 e. The van der Waals surface area contributed by atoms with Crippen molar-refractivity contribution in [2.45, 2.75) is 83.6 Å². The van der Waals surface area contributed by atoms with Crippen molar-refractivity contribution in [3.63, 3.8) is 0 Å². The van der Waals surface area contributed by atoms with Gasteiger partial charge in [0.25, 0.3) is 5.91 Å². The summed E-state index contributed by atoms with van der Waals surface area (Å²) in [7, 11) is 0. The number of amides is 4. The SMILES string of the molecule is CC(C)(C)c1ccc(Oc2ccc(-c3nn4c(c3C(N)=O)Nc3ccc(C5CCN(CCC6CCN(c7ccc(N8CCC(=O)NC8=O)cc7)CC6)CC5)cc3CC4)cc2)cc1. The lowest BCUT2D eigenvalue weighted by Gasteiger charge is -2.36. The highest BCUT2D eigenvalue weighted by molar-refractivity contribution is 6.06. The number of primary amides is 1. The highest BCUT2D eigenvalue weighted by atomic mass is 16.5. The number of carbonyl (C=O) groups excluding carboxylic acids is 3. The third-order valence-corrected chi connectivity index (χ3v) is 13.4. The van der Waals surface area contributed by atoms with Gasteiger partial charge in [-0.2, -0.15) is 5.10 Å². The van der Waals surface area contributed by atoms with Crippen LogP contribution in [-0.4, -0.2) is 71.8 Å². The Morgan fingerprint density at radius 3 is 2.11 bits per heavy atom. The van der Waals surface area contributed by atoms with Gasteiger partial charge in [-0.3, -0.25) is 19.8 Å².